The zero-order valence-corrected chi connectivity index (χ0v) is 18.2. The second-order valence-corrected chi connectivity index (χ2v) is 10.1. The van der Waals surface area contributed by atoms with E-state index in [-0.39, 0.29) is 0 Å². The zero-order chi connectivity index (χ0) is 19.4. The van der Waals surface area contributed by atoms with E-state index in [1.54, 1.807) is 10.4 Å². The molecule has 0 radical (unpaired) electrons. The molecular formula is C23H26N4S2. The lowest BCUT2D eigenvalue weighted by atomic mass is 9.96. The summed E-state index contributed by atoms with van der Waals surface area (Å²) >= 11 is 7.88. The average molecular weight is 423 g/mol. The number of benzene rings is 1. The van der Waals surface area contributed by atoms with Crippen molar-refractivity contribution in [1.82, 2.24) is 19.2 Å². The first-order valence-electron chi connectivity index (χ1n) is 10.8. The predicted molar refractivity (Wildman–Crippen MR) is 119 cm³/mol. The number of hydrogen-bond donors (Lipinski definition) is 0. The van der Waals surface area contributed by atoms with Gasteiger partial charge >= 0.3 is 0 Å². The minimum Gasteiger partial charge on any atom is -0.299 e. The number of nitrogens with zero attached hydrogens (tertiary/aromatic N) is 4. The smallest absolute Gasteiger partial charge is 0.199 e. The van der Waals surface area contributed by atoms with E-state index in [0.29, 0.717) is 12.0 Å². The first kappa shape index (κ1) is 18.0. The summed E-state index contributed by atoms with van der Waals surface area (Å²) in [6.45, 7) is 2.75. The van der Waals surface area contributed by atoms with Crippen LogP contribution in [-0.4, -0.2) is 25.8 Å². The Bertz CT molecular complexity index is 1070. The van der Waals surface area contributed by atoms with Crippen molar-refractivity contribution in [1.29, 1.82) is 0 Å². The lowest BCUT2D eigenvalue weighted by Crippen LogP contribution is -2.37. The Hall–Kier alpha value is -1.76. The highest BCUT2D eigenvalue weighted by molar-refractivity contribution is 7.71. The highest BCUT2D eigenvalue weighted by Gasteiger charge is 2.40. The summed E-state index contributed by atoms with van der Waals surface area (Å²) < 4.78 is 5.27. The lowest BCUT2D eigenvalue weighted by molar-refractivity contribution is 0.117. The summed E-state index contributed by atoms with van der Waals surface area (Å²) in [7, 11) is 0. The summed E-state index contributed by atoms with van der Waals surface area (Å²) in [4.78, 5) is 4.23. The van der Waals surface area contributed by atoms with Gasteiger partial charge in [-0.25, -0.2) is 4.68 Å². The minimum absolute atomic E-state index is 0.551. The van der Waals surface area contributed by atoms with Crippen molar-refractivity contribution in [3.8, 4) is 0 Å². The van der Waals surface area contributed by atoms with Crippen molar-refractivity contribution in [3.63, 3.8) is 0 Å². The fraction of sp³-hybridized carbons (Fsp3) is 0.478. The number of hydrogen-bond acceptors (Lipinski definition) is 4. The summed E-state index contributed by atoms with van der Waals surface area (Å²) in [5, 5.41) is 7.33. The van der Waals surface area contributed by atoms with Crippen LogP contribution in [0.2, 0.25) is 0 Å². The Morgan fingerprint density at radius 3 is 2.66 bits per heavy atom. The lowest BCUT2D eigenvalue weighted by Gasteiger charge is -2.35. The van der Waals surface area contributed by atoms with E-state index in [4.69, 9.17) is 17.3 Å². The summed E-state index contributed by atoms with van der Waals surface area (Å²) in [5.74, 6) is 2.59. The first-order chi connectivity index (χ1) is 14.3. The molecule has 0 saturated heterocycles. The highest BCUT2D eigenvalue weighted by Crippen LogP contribution is 2.48. The van der Waals surface area contributed by atoms with Crippen LogP contribution in [0, 0.1) is 10.7 Å². The van der Waals surface area contributed by atoms with Gasteiger partial charge < -0.3 is 0 Å². The van der Waals surface area contributed by atoms with E-state index < -0.39 is 0 Å². The molecule has 0 bridgehead atoms. The van der Waals surface area contributed by atoms with Crippen molar-refractivity contribution in [2.75, 3.05) is 6.54 Å². The third-order valence-electron chi connectivity index (χ3n) is 6.58. The zero-order valence-electron chi connectivity index (χ0n) is 16.5. The van der Waals surface area contributed by atoms with Crippen LogP contribution in [0.3, 0.4) is 0 Å². The van der Waals surface area contributed by atoms with Gasteiger partial charge in [-0.2, -0.15) is 5.10 Å². The summed E-state index contributed by atoms with van der Waals surface area (Å²) in [6, 6.07) is 13.6. The maximum absolute atomic E-state index is 5.95. The average Bonchev–Trinajstić information content (AvgIpc) is 3.67. The van der Waals surface area contributed by atoms with Gasteiger partial charge in [0, 0.05) is 23.4 Å². The Morgan fingerprint density at radius 1 is 1.07 bits per heavy atom. The Balaban J connectivity index is 1.32. The molecule has 4 nitrogen and oxygen atoms in total. The normalized spacial score (nSPS) is 22.0. The van der Waals surface area contributed by atoms with E-state index in [1.165, 1.54) is 37.1 Å². The third-order valence-corrected chi connectivity index (χ3v) is 8.01. The van der Waals surface area contributed by atoms with Crippen LogP contribution < -0.4 is 0 Å². The second kappa shape index (κ2) is 7.18. The molecule has 2 aliphatic carbocycles. The molecule has 29 heavy (non-hydrogen) atoms. The van der Waals surface area contributed by atoms with Crippen LogP contribution >= 0.6 is 23.6 Å². The van der Waals surface area contributed by atoms with Crippen LogP contribution in [0.25, 0.3) is 0 Å². The van der Waals surface area contributed by atoms with Gasteiger partial charge in [-0.3, -0.25) is 9.47 Å². The molecular weight excluding hydrogens is 396 g/mol. The molecule has 150 valence electrons. The van der Waals surface area contributed by atoms with E-state index in [0.717, 1.165) is 36.9 Å². The van der Waals surface area contributed by atoms with Crippen LogP contribution in [0.5, 0.6) is 0 Å². The standard InChI is InChI=1S/C23H26N4S2/c28-23-26(14-16-4-2-1-3-5-16)22(18-8-9-18)24-27(23)15-25-12-10-20-19(11-13-29-20)21(25)17-6-7-17/h1-5,11,13,17-18,21H,6-10,12,14-15H2/t21-/m1/s1. The number of thiophene rings is 1. The molecule has 2 aromatic heterocycles. The van der Waals surface area contributed by atoms with E-state index in [1.807, 2.05) is 11.3 Å². The quantitative estimate of drug-likeness (QED) is 0.500. The van der Waals surface area contributed by atoms with Crippen LogP contribution in [-0.2, 0) is 19.6 Å². The first-order valence-corrected chi connectivity index (χ1v) is 12.1. The Kier molecular flexibility index (Phi) is 4.47. The van der Waals surface area contributed by atoms with Gasteiger partial charge in [0.15, 0.2) is 4.77 Å². The molecule has 6 rings (SSSR count). The largest absolute Gasteiger partial charge is 0.299 e. The van der Waals surface area contributed by atoms with Crippen molar-refractivity contribution in [2.24, 2.45) is 5.92 Å². The van der Waals surface area contributed by atoms with Gasteiger partial charge in [0.1, 0.15) is 5.82 Å². The van der Waals surface area contributed by atoms with Gasteiger partial charge in [0.25, 0.3) is 0 Å². The van der Waals surface area contributed by atoms with Gasteiger partial charge in [-0.1, -0.05) is 30.3 Å². The van der Waals surface area contributed by atoms with Gasteiger partial charge in [0.2, 0.25) is 0 Å². The molecule has 6 heteroatoms. The van der Waals surface area contributed by atoms with Crippen molar-refractivity contribution < 1.29 is 0 Å². The maximum Gasteiger partial charge on any atom is 0.199 e. The molecule has 0 spiro atoms. The van der Waals surface area contributed by atoms with Crippen LogP contribution in [0.1, 0.15) is 59.5 Å². The fourth-order valence-electron chi connectivity index (χ4n) is 4.80. The van der Waals surface area contributed by atoms with Crippen LogP contribution in [0.15, 0.2) is 41.8 Å². The molecule has 3 heterocycles. The number of fused-ring (bicyclic) bond motifs is 1. The fourth-order valence-corrected chi connectivity index (χ4v) is 5.97. The predicted octanol–water partition coefficient (Wildman–Crippen LogP) is 5.37. The molecule has 2 fully saturated rings. The Morgan fingerprint density at radius 2 is 1.90 bits per heavy atom. The van der Waals surface area contributed by atoms with Gasteiger partial charge in [-0.15, -0.1) is 11.3 Å². The molecule has 1 atom stereocenters. The summed E-state index contributed by atoms with van der Waals surface area (Å²) in [5.41, 5.74) is 2.86. The molecule has 3 aromatic rings. The second-order valence-electron chi connectivity index (χ2n) is 8.77. The molecule has 1 aromatic carbocycles. The summed E-state index contributed by atoms with van der Waals surface area (Å²) in [6.07, 6.45) is 6.36. The Labute approximate surface area is 180 Å². The van der Waals surface area contributed by atoms with E-state index >= 15 is 0 Å². The van der Waals surface area contributed by atoms with Crippen molar-refractivity contribution >= 4 is 23.6 Å². The number of rotatable bonds is 6. The maximum atomic E-state index is 5.95. The van der Waals surface area contributed by atoms with E-state index in [2.05, 4.69) is 55.9 Å². The minimum atomic E-state index is 0.551. The van der Waals surface area contributed by atoms with E-state index in [9.17, 15) is 0 Å². The van der Waals surface area contributed by atoms with Gasteiger partial charge in [-0.05, 0) is 72.8 Å². The topological polar surface area (TPSA) is 26.0 Å². The molecule has 0 unspecified atom stereocenters. The SMILES string of the molecule is S=c1n(CN2CCc3sccc3[C@H]2C2CC2)nc(C2CC2)n1Cc1ccccc1. The van der Waals surface area contributed by atoms with Gasteiger partial charge in [0.05, 0.1) is 13.2 Å². The van der Waals surface area contributed by atoms with Crippen LogP contribution in [0.4, 0.5) is 0 Å². The third kappa shape index (κ3) is 3.41. The van der Waals surface area contributed by atoms with Crippen molar-refractivity contribution in [3.05, 3.63) is 68.4 Å². The molecule has 0 N–H and O–H groups in total. The number of aromatic nitrogens is 3. The molecule has 0 amide bonds. The molecule has 1 aliphatic heterocycles. The monoisotopic (exact) mass is 422 g/mol. The highest BCUT2D eigenvalue weighted by atomic mass is 32.1. The molecule has 3 aliphatic rings. The van der Waals surface area contributed by atoms with Crippen molar-refractivity contribution in [2.45, 2.75) is 57.3 Å². The molecule has 2 saturated carbocycles.